The molecule has 40 heavy (non-hydrogen) atoms. The van der Waals surface area contributed by atoms with Crippen LogP contribution in [0.2, 0.25) is 15.1 Å². The number of alkyl halides is 3. The molecule has 0 atom stereocenters. The Balaban J connectivity index is 1.69. The third kappa shape index (κ3) is 6.17. The minimum atomic E-state index is -4.77. The van der Waals surface area contributed by atoms with Crippen LogP contribution in [0.3, 0.4) is 0 Å². The molecular weight excluding hydrogens is 711 g/mol. The molecule has 4 rings (SSSR count). The Kier molecular flexibility index (Phi) is 8.88. The molecule has 0 bridgehead atoms. The summed E-state index contributed by atoms with van der Waals surface area (Å²) in [5.41, 5.74) is -1.35. The number of hydrogen-bond acceptors (Lipinski definition) is 5. The number of halogens is 7. The summed E-state index contributed by atoms with van der Waals surface area (Å²) in [5.74, 6) is -1.65. The standard InChI is InChI=1S/C26H15Cl3F3IN2O5/c1-39-21-9-12(8-19(33)22(21)40-11-15-16(27)3-2-4-17(15)28)7-14-23(36)34-25(38)35(24(14)37)20-10-13(26(30,31)32)5-6-18(20)29/h2-10H,11H2,1H3,(H,34,36,38)/b14-7+. The van der Waals surface area contributed by atoms with Crippen LogP contribution >= 0.6 is 57.4 Å². The summed E-state index contributed by atoms with van der Waals surface area (Å²) in [7, 11) is 1.38. The maximum atomic E-state index is 13.3. The van der Waals surface area contributed by atoms with Crippen molar-refractivity contribution < 1.29 is 37.0 Å². The zero-order valence-electron chi connectivity index (χ0n) is 20.0. The van der Waals surface area contributed by atoms with Crippen molar-refractivity contribution in [2.24, 2.45) is 0 Å². The summed E-state index contributed by atoms with van der Waals surface area (Å²) < 4.78 is 51.7. The van der Waals surface area contributed by atoms with Gasteiger partial charge in [-0.3, -0.25) is 14.9 Å². The molecule has 1 fully saturated rings. The number of hydrogen-bond donors (Lipinski definition) is 1. The van der Waals surface area contributed by atoms with Gasteiger partial charge in [0.25, 0.3) is 11.8 Å². The molecular formula is C26H15Cl3F3IN2O5. The number of anilines is 1. The minimum absolute atomic E-state index is 0.0149. The van der Waals surface area contributed by atoms with Gasteiger partial charge in [0.2, 0.25) is 0 Å². The Morgan fingerprint density at radius 2 is 1.68 bits per heavy atom. The second-order valence-electron chi connectivity index (χ2n) is 8.14. The van der Waals surface area contributed by atoms with Crippen LogP contribution in [-0.2, 0) is 22.4 Å². The van der Waals surface area contributed by atoms with E-state index in [0.29, 0.717) is 47.5 Å². The fourth-order valence-electron chi connectivity index (χ4n) is 3.68. The molecule has 7 nitrogen and oxygen atoms in total. The van der Waals surface area contributed by atoms with Gasteiger partial charge in [-0.2, -0.15) is 13.2 Å². The number of rotatable bonds is 6. The van der Waals surface area contributed by atoms with Crippen LogP contribution in [0.1, 0.15) is 16.7 Å². The molecule has 0 radical (unpaired) electrons. The zero-order valence-corrected chi connectivity index (χ0v) is 24.5. The summed E-state index contributed by atoms with van der Waals surface area (Å²) in [6, 6.07) is 8.97. The van der Waals surface area contributed by atoms with E-state index in [0.717, 1.165) is 12.1 Å². The van der Waals surface area contributed by atoms with Crippen LogP contribution < -0.4 is 19.7 Å². The van der Waals surface area contributed by atoms with Gasteiger partial charge in [0.1, 0.15) is 12.2 Å². The third-order valence-corrected chi connectivity index (χ3v) is 7.43. The van der Waals surface area contributed by atoms with Crippen molar-refractivity contribution in [1.29, 1.82) is 0 Å². The van der Waals surface area contributed by atoms with E-state index in [2.05, 4.69) is 0 Å². The first-order valence-corrected chi connectivity index (χ1v) is 13.2. The Bertz CT molecular complexity index is 1560. The molecule has 1 heterocycles. The van der Waals surface area contributed by atoms with E-state index in [1.54, 1.807) is 24.3 Å². The molecule has 1 aliphatic rings. The zero-order chi connectivity index (χ0) is 29.4. The van der Waals surface area contributed by atoms with Crippen molar-refractivity contribution in [3.63, 3.8) is 0 Å². The molecule has 0 aromatic heterocycles. The number of nitrogens with one attached hydrogen (secondary N) is 1. The van der Waals surface area contributed by atoms with Gasteiger partial charge in [-0.15, -0.1) is 0 Å². The van der Waals surface area contributed by atoms with Crippen LogP contribution in [0.15, 0.2) is 54.1 Å². The number of imide groups is 2. The lowest BCUT2D eigenvalue weighted by Gasteiger charge is -2.27. The lowest BCUT2D eigenvalue weighted by molar-refractivity contribution is -0.137. The predicted octanol–water partition coefficient (Wildman–Crippen LogP) is 7.52. The molecule has 1 aliphatic heterocycles. The van der Waals surface area contributed by atoms with Crippen LogP contribution in [0.25, 0.3) is 6.08 Å². The number of amides is 4. The van der Waals surface area contributed by atoms with E-state index < -0.39 is 40.8 Å². The summed E-state index contributed by atoms with van der Waals surface area (Å²) in [6.07, 6.45) is -3.60. The van der Waals surface area contributed by atoms with Crippen molar-refractivity contribution in [1.82, 2.24) is 5.32 Å². The van der Waals surface area contributed by atoms with Crippen molar-refractivity contribution in [3.05, 3.63) is 89.4 Å². The average molecular weight is 726 g/mol. The Morgan fingerprint density at radius 3 is 2.30 bits per heavy atom. The van der Waals surface area contributed by atoms with Gasteiger partial charge in [-0.25, -0.2) is 9.69 Å². The molecule has 208 valence electrons. The Hall–Kier alpha value is -3.00. The van der Waals surface area contributed by atoms with Gasteiger partial charge in [0.05, 0.1) is 27.0 Å². The van der Waals surface area contributed by atoms with Crippen molar-refractivity contribution in [2.45, 2.75) is 12.8 Å². The largest absolute Gasteiger partial charge is 0.493 e. The van der Waals surface area contributed by atoms with Crippen LogP contribution in [0.4, 0.5) is 23.7 Å². The molecule has 3 aromatic rings. The van der Waals surface area contributed by atoms with E-state index in [1.165, 1.54) is 13.2 Å². The minimum Gasteiger partial charge on any atom is -0.493 e. The first kappa shape index (κ1) is 30.0. The smallest absolute Gasteiger partial charge is 0.416 e. The summed E-state index contributed by atoms with van der Waals surface area (Å²) in [6.45, 7) is 0.0149. The molecule has 1 N–H and O–H groups in total. The maximum Gasteiger partial charge on any atom is 0.416 e. The number of nitrogens with zero attached hydrogens (tertiary/aromatic N) is 1. The first-order valence-electron chi connectivity index (χ1n) is 11.0. The number of benzene rings is 3. The van der Waals surface area contributed by atoms with Gasteiger partial charge in [0.15, 0.2) is 11.5 Å². The maximum absolute atomic E-state index is 13.3. The second-order valence-corrected chi connectivity index (χ2v) is 10.5. The first-order chi connectivity index (χ1) is 18.8. The van der Waals surface area contributed by atoms with Gasteiger partial charge in [0, 0.05) is 15.6 Å². The van der Waals surface area contributed by atoms with E-state index in [1.807, 2.05) is 27.9 Å². The summed E-state index contributed by atoms with van der Waals surface area (Å²) in [5, 5.41) is 2.46. The lowest BCUT2D eigenvalue weighted by Crippen LogP contribution is -2.54. The fourth-order valence-corrected chi connectivity index (χ4v) is 5.17. The number of carbonyl (C=O) groups excluding carboxylic acids is 3. The molecule has 0 aliphatic carbocycles. The summed E-state index contributed by atoms with van der Waals surface area (Å²) >= 11 is 20.4. The monoisotopic (exact) mass is 724 g/mol. The summed E-state index contributed by atoms with van der Waals surface area (Å²) in [4.78, 5) is 38.7. The van der Waals surface area contributed by atoms with Crippen LogP contribution in [0, 0.1) is 3.57 Å². The van der Waals surface area contributed by atoms with E-state index >= 15 is 0 Å². The van der Waals surface area contributed by atoms with E-state index in [9.17, 15) is 27.6 Å². The molecule has 0 saturated carbocycles. The number of ether oxygens (including phenoxy) is 2. The van der Waals surface area contributed by atoms with Gasteiger partial charge < -0.3 is 9.47 Å². The van der Waals surface area contributed by atoms with Crippen molar-refractivity contribution in [3.8, 4) is 11.5 Å². The molecule has 1 saturated heterocycles. The molecule has 14 heteroatoms. The van der Waals surface area contributed by atoms with Gasteiger partial charge in [-0.05, 0) is 76.7 Å². The second kappa shape index (κ2) is 11.9. The number of carbonyl (C=O) groups is 3. The lowest BCUT2D eigenvalue weighted by atomic mass is 10.1. The van der Waals surface area contributed by atoms with E-state index in [4.69, 9.17) is 44.3 Å². The normalized spacial score (nSPS) is 14.9. The quantitative estimate of drug-likeness (QED) is 0.162. The number of barbiturate groups is 1. The molecule has 3 aromatic carbocycles. The van der Waals surface area contributed by atoms with Gasteiger partial charge >= 0.3 is 12.2 Å². The highest BCUT2D eigenvalue weighted by Gasteiger charge is 2.39. The topological polar surface area (TPSA) is 84.9 Å². The Labute approximate surface area is 253 Å². The number of urea groups is 1. The van der Waals surface area contributed by atoms with Crippen molar-refractivity contribution in [2.75, 3.05) is 12.0 Å². The highest BCUT2D eigenvalue weighted by molar-refractivity contribution is 14.1. The molecule has 0 spiro atoms. The van der Waals surface area contributed by atoms with E-state index in [-0.39, 0.29) is 17.4 Å². The van der Waals surface area contributed by atoms with Gasteiger partial charge in [-0.1, -0.05) is 40.9 Å². The fraction of sp³-hybridized carbons (Fsp3) is 0.115. The Morgan fingerprint density at radius 1 is 1.00 bits per heavy atom. The average Bonchev–Trinajstić information content (AvgIpc) is 2.87. The third-order valence-electron chi connectivity index (χ3n) is 5.60. The highest BCUT2D eigenvalue weighted by atomic mass is 127. The SMILES string of the molecule is COc1cc(/C=C2\C(=O)NC(=O)N(c3cc(C(F)(F)F)ccc3Cl)C2=O)cc(I)c1OCc1c(Cl)cccc1Cl. The molecule has 0 unspecified atom stereocenters. The van der Waals surface area contributed by atoms with Crippen molar-refractivity contribution >= 4 is 87.0 Å². The number of methoxy groups -OCH3 is 1. The predicted molar refractivity (Wildman–Crippen MR) is 152 cm³/mol. The molecule has 4 amide bonds. The highest BCUT2D eigenvalue weighted by Crippen LogP contribution is 2.38. The van der Waals surface area contributed by atoms with Crippen LogP contribution in [0.5, 0.6) is 11.5 Å². The van der Waals surface area contributed by atoms with Crippen LogP contribution in [-0.4, -0.2) is 25.0 Å².